The molecule has 0 saturated heterocycles. The van der Waals surface area contributed by atoms with E-state index in [0.29, 0.717) is 10.0 Å². The van der Waals surface area contributed by atoms with Crippen LogP contribution in [-0.2, 0) is 0 Å². The molecule has 0 aliphatic carbocycles. The van der Waals surface area contributed by atoms with E-state index in [1.54, 1.807) is 42.5 Å². The van der Waals surface area contributed by atoms with Gasteiger partial charge in [-0.25, -0.2) is 4.39 Å². The number of aromatic nitrogens is 1. The summed E-state index contributed by atoms with van der Waals surface area (Å²) in [7, 11) is 0. The maximum absolute atomic E-state index is 14.0. The van der Waals surface area contributed by atoms with E-state index in [0.717, 1.165) is 22.6 Å². The SMILES string of the molecule is Cc1cc(/C=C(/C#N)c2ccccc2F)c(C)n1-c1cc(Cl)ccc1Cl. The molecule has 3 rings (SSSR count). The van der Waals surface area contributed by atoms with Crippen LogP contribution in [0.2, 0.25) is 10.0 Å². The van der Waals surface area contributed by atoms with Crippen molar-refractivity contribution in [2.75, 3.05) is 0 Å². The molecule has 1 aromatic heterocycles. The number of benzene rings is 2. The molecule has 0 saturated carbocycles. The molecule has 130 valence electrons. The molecular weight excluding hydrogens is 370 g/mol. The third-order valence-corrected chi connectivity index (χ3v) is 4.76. The van der Waals surface area contributed by atoms with Crippen LogP contribution >= 0.6 is 23.2 Å². The molecule has 2 aromatic carbocycles. The summed E-state index contributed by atoms with van der Waals surface area (Å²) in [6.07, 6.45) is 1.69. The molecule has 0 amide bonds. The standard InChI is InChI=1S/C21H15Cl2FN2/c1-13-9-15(10-16(12-25)18-5-3-4-6-20(18)24)14(2)26(13)21-11-17(22)7-8-19(21)23/h3-11H,1-2H3/b16-10-. The Balaban J connectivity index is 2.15. The lowest BCUT2D eigenvalue weighted by atomic mass is 10.0. The monoisotopic (exact) mass is 384 g/mol. The van der Waals surface area contributed by atoms with Crippen LogP contribution < -0.4 is 0 Å². The quantitative estimate of drug-likeness (QED) is 0.467. The minimum atomic E-state index is -0.424. The second-order valence-corrected chi connectivity index (χ2v) is 6.75. The highest BCUT2D eigenvalue weighted by Gasteiger charge is 2.14. The molecule has 0 spiro atoms. The van der Waals surface area contributed by atoms with Gasteiger partial charge in [0.05, 0.1) is 22.4 Å². The molecule has 1 heterocycles. The van der Waals surface area contributed by atoms with Crippen molar-refractivity contribution in [1.82, 2.24) is 4.57 Å². The largest absolute Gasteiger partial charge is 0.316 e. The minimum absolute atomic E-state index is 0.264. The molecule has 0 radical (unpaired) electrons. The summed E-state index contributed by atoms with van der Waals surface area (Å²) in [5, 5.41) is 10.7. The van der Waals surface area contributed by atoms with Crippen molar-refractivity contribution in [2.45, 2.75) is 13.8 Å². The Morgan fingerprint density at radius 1 is 1.12 bits per heavy atom. The second kappa shape index (κ2) is 7.37. The Bertz CT molecular complexity index is 1060. The first-order chi connectivity index (χ1) is 12.4. The molecule has 0 aliphatic rings. The second-order valence-electron chi connectivity index (χ2n) is 5.91. The molecule has 26 heavy (non-hydrogen) atoms. The molecule has 3 aromatic rings. The Hall–Kier alpha value is -2.54. The van der Waals surface area contributed by atoms with Gasteiger partial charge in [0.1, 0.15) is 5.82 Å². The van der Waals surface area contributed by atoms with Gasteiger partial charge < -0.3 is 4.57 Å². The van der Waals surface area contributed by atoms with Crippen molar-refractivity contribution in [2.24, 2.45) is 0 Å². The van der Waals surface area contributed by atoms with Crippen LogP contribution in [0.15, 0.2) is 48.5 Å². The van der Waals surface area contributed by atoms with Crippen LogP contribution in [0, 0.1) is 31.0 Å². The van der Waals surface area contributed by atoms with E-state index >= 15 is 0 Å². The maximum atomic E-state index is 14.0. The number of rotatable bonds is 3. The summed E-state index contributed by atoms with van der Waals surface area (Å²) in [6, 6.07) is 15.5. The maximum Gasteiger partial charge on any atom is 0.131 e. The van der Waals surface area contributed by atoms with Crippen molar-refractivity contribution < 1.29 is 4.39 Å². The van der Waals surface area contributed by atoms with Gasteiger partial charge in [-0.2, -0.15) is 5.26 Å². The molecule has 0 aliphatic heterocycles. The highest BCUT2D eigenvalue weighted by Crippen LogP contribution is 2.30. The Labute approximate surface area is 161 Å². The van der Waals surface area contributed by atoms with Crippen LogP contribution in [0.4, 0.5) is 4.39 Å². The molecule has 0 fully saturated rings. The summed E-state index contributed by atoms with van der Waals surface area (Å²) in [5.41, 5.74) is 3.94. The van der Waals surface area contributed by atoms with E-state index < -0.39 is 5.82 Å². The summed E-state index contributed by atoms with van der Waals surface area (Å²) < 4.78 is 16.0. The van der Waals surface area contributed by atoms with E-state index in [2.05, 4.69) is 6.07 Å². The first-order valence-electron chi connectivity index (χ1n) is 7.93. The van der Waals surface area contributed by atoms with Gasteiger partial charge in [-0.05, 0) is 55.8 Å². The van der Waals surface area contributed by atoms with Crippen molar-refractivity contribution in [1.29, 1.82) is 5.26 Å². The Kier molecular flexibility index (Phi) is 5.18. The van der Waals surface area contributed by atoms with E-state index in [4.69, 9.17) is 23.2 Å². The molecule has 2 nitrogen and oxygen atoms in total. The number of hydrogen-bond acceptors (Lipinski definition) is 1. The number of nitrogens with zero attached hydrogens (tertiary/aromatic N) is 2. The average Bonchev–Trinajstić information content (AvgIpc) is 2.89. The molecule has 5 heteroatoms. The predicted molar refractivity (Wildman–Crippen MR) is 105 cm³/mol. The van der Waals surface area contributed by atoms with E-state index in [1.165, 1.54) is 6.07 Å². The van der Waals surface area contributed by atoms with Crippen LogP contribution in [0.5, 0.6) is 0 Å². The fourth-order valence-electron chi connectivity index (χ4n) is 2.97. The predicted octanol–water partition coefficient (Wildman–Crippen LogP) is 6.60. The van der Waals surface area contributed by atoms with Gasteiger partial charge in [0.25, 0.3) is 0 Å². The number of nitriles is 1. The van der Waals surface area contributed by atoms with Gasteiger partial charge in [0.15, 0.2) is 0 Å². The first kappa shape index (κ1) is 18.3. The zero-order valence-electron chi connectivity index (χ0n) is 14.2. The molecule has 0 bridgehead atoms. The number of aryl methyl sites for hydroxylation is 1. The first-order valence-corrected chi connectivity index (χ1v) is 8.69. The smallest absolute Gasteiger partial charge is 0.131 e. The van der Waals surface area contributed by atoms with Crippen LogP contribution in [0.3, 0.4) is 0 Å². The van der Waals surface area contributed by atoms with Gasteiger partial charge in [-0.1, -0.05) is 41.4 Å². The fourth-order valence-corrected chi connectivity index (χ4v) is 3.34. The summed E-state index contributed by atoms with van der Waals surface area (Å²) in [5.74, 6) is -0.424. The number of hydrogen-bond donors (Lipinski definition) is 0. The lowest BCUT2D eigenvalue weighted by molar-refractivity contribution is 0.624. The topological polar surface area (TPSA) is 28.7 Å². The van der Waals surface area contributed by atoms with Gasteiger partial charge in [-0.15, -0.1) is 0 Å². The Morgan fingerprint density at radius 3 is 2.54 bits per heavy atom. The summed E-state index contributed by atoms with van der Waals surface area (Å²) in [4.78, 5) is 0. The molecule has 0 N–H and O–H groups in total. The zero-order valence-corrected chi connectivity index (χ0v) is 15.7. The third kappa shape index (κ3) is 3.39. The number of halogens is 3. The van der Waals surface area contributed by atoms with Gasteiger partial charge in [0.2, 0.25) is 0 Å². The normalized spacial score (nSPS) is 11.5. The van der Waals surface area contributed by atoms with Crippen LogP contribution in [0.1, 0.15) is 22.5 Å². The lowest BCUT2D eigenvalue weighted by Crippen LogP contribution is -2.00. The van der Waals surface area contributed by atoms with E-state index in [1.807, 2.05) is 24.5 Å². The molecular formula is C21H15Cl2FN2. The summed E-state index contributed by atoms with van der Waals surface area (Å²) >= 11 is 12.5. The van der Waals surface area contributed by atoms with Crippen molar-refractivity contribution in [3.05, 3.63) is 86.9 Å². The van der Waals surface area contributed by atoms with Gasteiger partial charge in [-0.3, -0.25) is 0 Å². The van der Waals surface area contributed by atoms with E-state index in [-0.39, 0.29) is 11.1 Å². The highest BCUT2D eigenvalue weighted by molar-refractivity contribution is 6.34. The van der Waals surface area contributed by atoms with Crippen molar-refractivity contribution in [3.8, 4) is 11.8 Å². The number of allylic oxidation sites excluding steroid dienone is 1. The van der Waals surface area contributed by atoms with Crippen molar-refractivity contribution in [3.63, 3.8) is 0 Å². The van der Waals surface area contributed by atoms with E-state index in [9.17, 15) is 9.65 Å². The van der Waals surface area contributed by atoms with Gasteiger partial charge in [0, 0.05) is 22.0 Å². The van der Waals surface area contributed by atoms with Crippen LogP contribution in [-0.4, -0.2) is 4.57 Å². The highest BCUT2D eigenvalue weighted by atomic mass is 35.5. The lowest BCUT2D eigenvalue weighted by Gasteiger charge is -2.12. The Morgan fingerprint density at radius 2 is 1.85 bits per heavy atom. The van der Waals surface area contributed by atoms with Gasteiger partial charge >= 0.3 is 0 Å². The third-order valence-electron chi connectivity index (χ3n) is 4.20. The summed E-state index contributed by atoms with van der Waals surface area (Å²) in [6.45, 7) is 3.86. The fraction of sp³-hybridized carbons (Fsp3) is 0.0952. The average molecular weight is 385 g/mol. The minimum Gasteiger partial charge on any atom is -0.316 e. The van der Waals surface area contributed by atoms with Crippen molar-refractivity contribution >= 4 is 34.9 Å². The zero-order chi connectivity index (χ0) is 18.8. The molecule has 0 unspecified atom stereocenters. The van der Waals surface area contributed by atoms with Crippen LogP contribution in [0.25, 0.3) is 17.3 Å². The molecule has 0 atom stereocenters.